The van der Waals surface area contributed by atoms with E-state index in [2.05, 4.69) is 25.1 Å². The molecular weight excluding hydrogens is 342 g/mol. The zero-order valence-corrected chi connectivity index (χ0v) is 15.3. The first-order valence-electron chi connectivity index (χ1n) is 9.23. The summed E-state index contributed by atoms with van der Waals surface area (Å²) in [5.74, 6) is 0.965. The van der Waals surface area contributed by atoms with Crippen LogP contribution in [0.25, 0.3) is 11.0 Å². The lowest BCUT2D eigenvalue weighted by molar-refractivity contribution is 0.0902. The Bertz CT molecular complexity index is 870. The first kappa shape index (κ1) is 17.5. The first-order chi connectivity index (χ1) is 13.2. The lowest BCUT2D eigenvalue weighted by Gasteiger charge is -2.35. The van der Waals surface area contributed by atoms with Crippen molar-refractivity contribution in [1.29, 1.82) is 0 Å². The average Bonchev–Trinajstić information content (AvgIpc) is 3.14. The molecule has 1 aromatic carbocycles. The van der Waals surface area contributed by atoms with Crippen molar-refractivity contribution in [3.8, 4) is 0 Å². The van der Waals surface area contributed by atoms with Gasteiger partial charge in [0.15, 0.2) is 5.76 Å². The summed E-state index contributed by atoms with van der Waals surface area (Å²) in [4.78, 5) is 25.6. The van der Waals surface area contributed by atoms with Gasteiger partial charge < -0.3 is 14.6 Å². The van der Waals surface area contributed by atoms with Gasteiger partial charge in [-0.3, -0.25) is 9.69 Å². The van der Waals surface area contributed by atoms with Gasteiger partial charge >= 0.3 is 0 Å². The van der Waals surface area contributed by atoms with Gasteiger partial charge in [-0.15, -0.1) is 0 Å². The van der Waals surface area contributed by atoms with E-state index in [0.29, 0.717) is 5.76 Å². The number of hydrogen-bond acceptors (Lipinski definition) is 6. The van der Waals surface area contributed by atoms with E-state index in [4.69, 9.17) is 4.42 Å². The smallest absolute Gasteiger partial charge is 0.287 e. The van der Waals surface area contributed by atoms with Gasteiger partial charge in [-0.1, -0.05) is 18.2 Å². The van der Waals surface area contributed by atoms with Gasteiger partial charge in [0.05, 0.1) is 0 Å². The molecule has 1 aliphatic heterocycles. The fourth-order valence-corrected chi connectivity index (χ4v) is 3.41. The van der Waals surface area contributed by atoms with Crippen molar-refractivity contribution < 1.29 is 9.21 Å². The van der Waals surface area contributed by atoms with Crippen LogP contribution in [0.15, 0.2) is 53.2 Å². The maximum atomic E-state index is 12.5. The standard InChI is InChI=1S/C20H23N5O2/c1-15(23-19(26)18-13-16-5-2-3-6-17(16)27-18)14-24-9-11-25(12-10-24)20-21-7-4-8-22-20/h2-8,13,15H,9-12,14H2,1H3,(H,23,26). The Kier molecular flexibility index (Phi) is 5.02. The summed E-state index contributed by atoms with van der Waals surface area (Å²) in [6.07, 6.45) is 3.54. The minimum absolute atomic E-state index is 0.0326. The van der Waals surface area contributed by atoms with Gasteiger partial charge in [-0.2, -0.15) is 0 Å². The molecule has 0 aliphatic carbocycles. The highest BCUT2D eigenvalue weighted by Crippen LogP contribution is 2.18. The van der Waals surface area contributed by atoms with Gasteiger partial charge in [0.25, 0.3) is 5.91 Å². The fraction of sp³-hybridized carbons (Fsp3) is 0.350. The maximum Gasteiger partial charge on any atom is 0.287 e. The number of hydrogen-bond donors (Lipinski definition) is 1. The largest absolute Gasteiger partial charge is 0.451 e. The quantitative estimate of drug-likeness (QED) is 0.747. The molecule has 27 heavy (non-hydrogen) atoms. The van der Waals surface area contributed by atoms with Crippen LogP contribution in [0.2, 0.25) is 0 Å². The number of fused-ring (bicyclic) bond motifs is 1. The minimum Gasteiger partial charge on any atom is -0.451 e. The van der Waals surface area contributed by atoms with Crippen LogP contribution in [0.4, 0.5) is 5.95 Å². The zero-order chi connectivity index (χ0) is 18.6. The summed E-state index contributed by atoms with van der Waals surface area (Å²) in [7, 11) is 0. The Labute approximate surface area is 158 Å². The molecule has 2 aromatic heterocycles. The number of carbonyl (C=O) groups is 1. The molecule has 0 radical (unpaired) electrons. The Morgan fingerprint density at radius 2 is 1.89 bits per heavy atom. The molecule has 1 aliphatic rings. The highest BCUT2D eigenvalue weighted by molar-refractivity contribution is 5.96. The molecule has 140 valence electrons. The number of furan rings is 1. The van der Waals surface area contributed by atoms with Gasteiger partial charge in [0.2, 0.25) is 5.95 Å². The summed E-state index contributed by atoms with van der Waals surface area (Å²) >= 11 is 0. The second kappa shape index (κ2) is 7.75. The van der Waals surface area contributed by atoms with Gasteiger partial charge in [0.1, 0.15) is 5.58 Å². The number of benzene rings is 1. The molecule has 1 unspecified atom stereocenters. The van der Waals surface area contributed by atoms with Gasteiger partial charge in [0, 0.05) is 56.5 Å². The molecule has 1 amide bonds. The highest BCUT2D eigenvalue weighted by atomic mass is 16.3. The lowest BCUT2D eigenvalue weighted by atomic mass is 10.2. The molecule has 0 spiro atoms. The fourth-order valence-electron chi connectivity index (χ4n) is 3.41. The predicted octanol–water partition coefficient (Wildman–Crippen LogP) is 2.16. The Hall–Kier alpha value is -2.93. The van der Waals surface area contributed by atoms with Crippen LogP contribution in [-0.2, 0) is 0 Å². The van der Waals surface area contributed by atoms with Crippen LogP contribution in [0.3, 0.4) is 0 Å². The number of anilines is 1. The first-order valence-corrected chi connectivity index (χ1v) is 9.23. The maximum absolute atomic E-state index is 12.5. The third kappa shape index (κ3) is 4.09. The molecule has 1 atom stereocenters. The van der Waals surface area contributed by atoms with Gasteiger partial charge in [-0.05, 0) is 25.1 Å². The molecule has 1 saturated heterocycles. The number of carbonyl (C=O) groups excluding carboxylic acids is 1. The van der Waals surface area contributed by atoms with E-state index in [1.165, 1.54) is 0 Å². The molecule has 0 bridgehead atoms. The van der Waals surface area contributed by atoms with Crippen LogP contribution in [0, 0.1) is 0 Å². The lowest BCUT2D eigenvalue weighted by Crippen LogP contribution is -2.51. The average molecular weight is 365 g/mol. The Morgan fingerprint density at radius 3 is 2.63 bits per heavy atom. The molecule has 7 heteroatoms. The van der Waals surface area contributed by atoms with E-state index in [-0.39, 0.29) is 11.9 Å². The van der Waals surface area contributed by atoms with Crippen LogP contribution in [0.5, 0.6) is 0 Å². The van der Waals surface area contributed by atoms with Crippen molar-refractivity contribution in [2.75, 3.05) is 37.6 Å². The summed E-state index contributed by atoms with van der Waals surface area (Å²) in [5, 5.41) is 3.97. The number of para-hydroxylation sites is 1. The van der Waals surface area contributed by atoms with Gasteiger partial charge in [-0.25, -0.2) is 9.97 Å². The third-order valence-corrected chi connectivity index (χ3v) is 4.77. The summed E-state index contributed by atoms with van der Waals surface area (Å²) in [6, 6.07) is 11.3. The molecule has 1 N–H and O–H groups in total. The third-order valence-electron chi connectivity index (χ3n) is 4.77. The van der Waals surface area contributed by atoms with E-state index >= 15 is 0 Å². The topological polar surface area (TPSA) is 74.5 Å². The Balaban J connectivity index is 1.28. The van der Waals surface area contributed by atoms with Crippen LogP contribution in [0.1, 0.15) is 17.5 Å². The monoisotopic (exact) mass is 365 g/mol. The number of amides is 1. The normalized spacial score (nSPS) is 16.4. The van der Waals surface area contributed by atoms with Crippen LogP contribution in [-0.4, -0.2) is 59.5 Å². The number of piperazine rings is 1. The summed E-state index contributed by atoms with van der Waals surface area (Å²) in [5.41, 5.74) is 0.731. The summed E-state index contributed by atoms with van der Waals surface area (Å²) in [6.45, 7) is 6.43. The highest BCUT2D eigenvalue weighted by Gasteiger charge is 2.21. The van der Waals surface area contributed by atoms with Crippen LogP contribution >= 0.6 is 0 Å². The van der Waals surface area contributed by atoms with Crippen molar-refractivity contribution in [3.63, 3.8) is 0 Å². The zero-order valence-electron chi connectivity index (χ0n) is 15.3. The van der Waals surface area contributed by atoms with E-state index in [1.807, 2.05) is 37.3 Å². The molecular formula is C20H23N5O2. The van der Waals surface area contributed by atoms with E-state index in [9.17, 15) is 4.79 Å². The van der Waals surface area contributed by atoms with Crippen molar-refractivity contribution in [3.05, 3.63) is 54.6 Å². The van der Waals surface area contributed by atoms with Crippen molar-refractivity contribution >= 4 is 22.8 Å². The molecule has 1 fully saturated rings. The number of rotatable bonds is 5. The van der Waals surface area contributed by atoms with Crippen molar-refractivity contribution in [2.45, 2.75) is 13.0 Å². The number of nitrogens with one attached hydrogen (secondary N) is 1. The van der Waals surface area contributed by atoms with Crippen LogP contribution < -0.4 is 10.2 Å². The second-order valence-corrected chi connectivity index (χ2v) is 6.86. The van der Waals surface area contributed by atoms with Crippen molar-refractivity contribution in [1.82, 2.24) is 20.2 Å². The Morgan fingerprint density at radius 1 is 1.15 bits per heavy atom. The van der Waals surface area contributed by atoms with E-state index in [1.54, 1.807) is 18.5 Å². The molecule has 7 nitrogen and oxygen atoms in total. The number of aromatic nitrogens is 2. The minimum atomic E-state index is -0.171. The molecule has 4 rings (SSSR count). The second-order valence-electron chi connectivity index (χ2n) is 6.86. The molecule has 3 aromatic rings. The molecule has 0 saturated carbocycles. The number of nitrogens with zero attached hydrogens (tertiary/aromatic N) is 4. The molecule has 3 heterocycles. The van der Waals surface area contributed by atoms with E-state index in [0.717, 1.165) is 49.6 Å². The predicted molar refractivity (Wildman–Crippen MR) is 104 cm³/mol. The SMILES string of the molecule is CC(CN1CCN(c2ncccn2)CC1)NC(=O)c1cc2ccccc2o1. The van der Waals surface area contributed by atoms with Crippen molar-refractivity contribution in [2.24, 2.45) is 0 Å². The van der Waals surface area contributed by atoms with E-state index < -0.39 is 0 Å². The summed E-state index contributed by atoms with van der Waals surface area (Å²) < 4.78 is 5.64.